The van der Waals surface area contributed by atoms with Gasteiger partial charge >= 0.3 is 0 Å². The quantitative estimate of drug-likeness (QED) is 0.871. The van der Waals surface area contributed by atoms with E-state index in [1.54, 1.807) is 0 Å². The first kappa shape index (κ1) is 19.7. The molecular formula is C15H27Cl2N3O2. The standard InChI is InChI=1S/C15H25N3O2.2ClH/c19-8-7-18-11-14(12-3-9-20-10-4-12)17-15(18)13-1-5-16-6-2-13;;/h11-13,16,19H,1-10H2;2*1H. The maximum absolute atomic E-state index is 9.28. The molecule has 1 aromatic rings. The first-order valence-corrected chi connectivity index (χ1v) is 7.84. The van der Waals surface area contributed by atoms with Gasteiger partial charge in [-0.2, -0.15) is 0 Å². The molecule has 0 unspecified atom stereocenters. The van der Waals surface area contributed by atoms with Gasteiger partial charge in [0.05, 0.1) is 12.3 Å². The predicted octanol–water partition coefficient (Wildman–Crippen LogP) is 2.08. The monoisotopic (exact) mass is 351 g/mol. The normalized spacial score (nSPS) is 20.2. The highest BCUT2D eigenvalue weighted by Gasteiger charge is 2.24. The molecule has 1 aromatic heterocycles. The second kappa shape index (κ2) is 9.73. The molecule has 2 saturated heterocycles. The largest absolute Gasteiger partial charge is 0.395 e. The summed E-state index contributed by atoms with van der Waals surface area (Å²) in [4.78, 5) is 4.94. The lowest BCUT2D eigenvalue weighted by atomic mass is 9.96. The van der Waals surface area contributed by atoms with Crippen molar-refractivity contribution in [2.75, 3.05) is 32.9 Å². The van der Waals surface area contributed by atoms with E-state index in [-0.39, 0.29) is 31.4 Å². The van der Waals surface area contributed by atoms with E-state index < -0.39 is 0 Å². The van der Waals surface area contributed by atoms with Crippen LogP contribution in [-0.2, 0) is 11.3 Å². The zero-order valence-electron chi connectivity index (χ0n) is 12.9. The summed E-state index contributed by atoms with van der Waals surface area (Å²) in [6.07, 6.45) is 6.61. The van der Waals surface area contributed by atoms with Gasteiger partial charge in [0.2, 0.25) is 0 Å². The van der Waals surface area contributed by atoms with Crippen molar-refractivity contribution in [1.82, 2.24) is 14.9 Å². The molecule has 0 spiro atoms. The third-order valence-electron chi connectivity index (χ3n) is 4.51. The van der Waals surface area contributed by atoms with E-state index >= 15 is 0 Å². The van der Waals surface area contributed by atoms with Crippen molar-refractivity contribution in [2.24, 2.45) is 0 Å². The number of ether oxygens (including phenoxy) is 1. The van der Waals surface area contributed by atoms with Gasteiger partial charge in [0.15, 0.2) is 0 Å². The fourth-order valence-corrected chi connectivity index (χ4v) is 3.33. The van der Waals surface area contributed by atoms with Crippen LogP contribution in [-0.4, -0.2) is 47.6 Å². The number of aliphatic hydroxyl groups excluding tert-OH is 1. The summed E-state index contributed by atoms with van der Waals surface area (Å²) in [6, 6.07) is 0. The topological polar surface area (TPSA) is 59.3 Å². The summed E-state index contributed by atoms with van der Waals surface area (Å²) < 4.78 is 7.62. The van der Waals surface area contributed by atoms with Gasteiger partial charge in [-0.1, -0.05) is 0 Å². The van der Waals surface area contributed by atoms with Crippen molar-refractivity contribution >= 4 is 24.8 Å². The van der Waals surface area contributed by atoms with Crippen LogP contribution >= 0.6 is 24.8 Å². The van der Waals surface area contributed by atoms with E-state index in [1.165, 1.54) is 11.5 Å². The Kier molecular flexibility index (Phi) is 8.72. The molecule has 2 aliphatic rings. The molecule has 2 aliphatic heterocycles. The Morgan fingerprint density at radius 1 is 1.14 bits per heavy atom. The molecular weight excluding hydrogens is 325 g/mol. The summed E-state index contributed by atoms with van der Waals surface area (Å²) in [5.41, 5.74) is 1.20. The van der Waals surface area contributed by atoms with Crippen molar-refractivity contribution in [2.45, 2.75) is 44.1 Å². The molecule has 0 atom stereocenters. The van der Waals surface area contributed by atoms with Crippen molar-refractivity contribution in [1.29, 1.82) is 0 Å². The molecule has 3 rings (SSSR count). The molecule has 0 radical (unpaired) electrons. The number of aliphatic hydroxyl groups is 1. The second-order valence-electron chi connectivity index (χ2n) is 5.85. The lowest BCUT2D eigenvalue weighted by molar-refractivity contribution is 0.0845. The van der Waals surface area contributed by atoms with Crippen molar-refractivity contribution in [3.63, 3.8) is 0 Å². The molecule has 128 valence electrons. The van der Waals surface area contributed by atoms with Crippen molar-refractivity contribution in [3.8, 4) is 0 Å². The molecule has 2 N–H and O–H groups in total. The Bertz CT molecular complexity index is 430. The number of nitrogens with one attached hydrogen (secondary N) is 1. The number of nitrogens with zero attached hydrogens (tertiary/aromatic N) is 2. The number of halogens is 2. The van der Waals surface area contributed by atoms with Gasteiger partial charge in [-0.3, -0.25) is 0 Å². The number of hydrogen-bond donors (Lipinski definition) is 2. The third-order valence-corrected chi connectivity index (χ3v) is 4.51. The number of imidazole rings is 1. The number of rotatable bonds is 4. The molecule has 0 aliphatic carbocycles. The molecule has 2 fully saturated rings. The summed E-state index contributed by atoms with van der Waals surface area (Å²) in [5.74, 6) is 2.25. The first-order valence-electron chi connectivity index (χ1n) is 7.84. The van der Waals surface area contributed by atoms with E-state index in [1.807, 2.05) is 0 Å². The minimum absolute atomic E-state index is 0. The number of aromatic nitrogens is 2. The maximum atomic E-state index is 9.28. The molecule has 5 nitrogen and oxygen atoms in total. The molecule has 0 saturated carbocycles. The average Bonchev–Trinajstić information content (AvgIpc) is 2.94. The molecule has 0 aromatic carbocycles. The summed E-state index contributed by atoms with van der Waals surface area (Å²) in [6.45, 7) is 4.68. The highest BCUT2D eigenvalue weighted by Crippen LogP contribution is 2.30. The predicted molar refractivity (Wildman–Crippen MR) is 91.4 cm³/mol. The van der Waals surface area contributed by atoms with Gasteiger partial charge < -0.3 is 19.7 Å². The van der Waals surface area contributed by atoms with E-state index in [0.717, 1.165) is 52.0 Å². The van der Waals surface area contributed by atoms with Crippen molar-refractivity contribution < 1.29 is 9.84 Å². The van der Waals surface area contributed by atoms with Crippen molar-refractivity contribution in [3.05, 3.63) is 17.7 Å². The highest BCUT2D eigenvalue weighted by molar-refractivity contribution is 5.85. The van der Waals surface area contributed by atoms with Crippen LogP contribution in [0.25, 0.3) is 0 Å². The average molecular weight is 352 g/mol. The minimum Gasteiger partial charge on any atom is -0.395 e. The first-order chi connectivity index (χ1) is 9.88. The van der Waals surface area contributed by atoms with Gasteiger partial charge in [0.25, 0.3) is 0 Å². The minimum atomic E-state index is 0. The zero-order chi connectivity index (χ0) is 13.8. The Morgan fingerprint density at radius 3 is 2.45 bits per heavy atom. The Balaban J connectivity index is 0.00000121. The van der Waals surface area contributed by atoms with E-state index in [9.17, 15) is 5.11 Å². The van der Waals surface area contributed by atoms with Crippen LogP contribution in [0.5, 0.6) is 0 Å². The highest BCUT2D eigenvalue weighted by atomic mass is 35.5. The van der Waals surface area contributed by atoms with E-state index in [2.05, 4.69) is 16.1 Å². The smallest absolute Gasteiger partial charge is 0.112 e. The van der Waals surface area contributed by atoms with Gasteiger partial charge in [-0.25, -0.2) is 4.98 Å². The number of hydrogen-bond acceptors (Lipinski definition) is 4. The summed E-state index contributed by atoms with van der Waals surface area (Å²) in [5, 5.41) is 12.7. The zero-order valence-corrected chi connectivity index (χ0v) is 14.5. The lowest BCUT2D eigenvalue weighted by Gasteiger charge is -2.23. The maximum Gasteiger partial charge on any atom is 0.112 e. The fraction of sp³-hybridized carbons (Fsp3) is 0.800. The molecule has 22 heavy (non-hydrogen) atoms. The SMILES string of the molecule is Cl.Cl.OCCn1cc(C2CCOCC2)nc1C1CCNCC1. The summed E-state index contributed by atoms with van der Waals surface area (Å²) >= 11 is 0. The fourth-order valence-electron chi connectivity index (χ4n) is 3.33. The Morgan fingerprint density at radius 2 is 1.82 bits per heavy atom. The third kappa shape index (κ3) is 4.59. The van der Waals surface area contributed by atoms with Gasteiger partial charge in [0.1, 0.15) is 5.82 Å². The van der Waals surface area contributed by atoms with Crippen LogP contribution in [0, 0.1) is 0 Å². The second-order valence-corrected chi connectivity index (χ2v) is 5.85. The van der Waals surface area contributed by atoms with Crippen LogP contribution in [0.15, 0.2) is 6.20 Å². The van der Waals surface area contributed by atoms with Gasteiger partial charge in [-0.05, 0) is 38.8 Å². The van der Waals surface area contributed by atoms with E-state index in [0.29, 0.717) is 18.4 Å². The molecule has 0 bridgehead atoms. The number of piperidine rings is 1. The van der Waals surface area contributed by atoms with Crippen LogP contribution < -0.4 is 5.32 Å². The van der Waals surface area contributed by atoms with Crippen LogP contribution in [0.3, 0.4) is 0 Å². The Hall–Kier alpha value is -0.330. The van der Waals surface area contributed by atoms with Crippen LogP contribution in [0.2, 0.25) is 0 Å². The van der Waals surface area contributed by atoms with Crippen LogP contribution in [0.1, 0.15) is 49.0 Å². The lowest BCUT2D eigenvalue weighted by Crippen LogP contribution is -2.28. The molecule has 3 heterocycles. The van der Waals surface area contributed by atoms with Gasteiger partial charge in [-0.15, -0.1) is 24.8 Å². The Labute approximate surface area is 144 Å². The van der Waals surface area contributed by atoms with Gasteiger partial charge in [0, 0.05) is 37.8 Å². The molecule has 7 heteroatoms. The van der Waals surface area contributed by atoms with E-state index in [4.69, 9.17) is 9.72 Å². The summed E-state index contributed by atoms with van der Waals surface area (Å²) in [7, 11) is 0. The molecule has 0 amide bonds. The van der Waals surface area contributed by atoms with Crippen LogP contribution in [0.4, 0.5) is 0 Å².